The minimum Gasteiger partial charge on any atom is -0.481 e. The molecule has 0 radical (unpaired) electrons. The van der Waals surface area contributed by atoms with Gasteiger partial charge in [-0.25, -0.2) is 0 Å². The smallest absolute Gasteiger partial charge is 0.306 e. The summed E-state index contributed by atoms with van der Waals surface area (Å²) in [6.45, 7) is 4.17. The molecule has 2 fully saturated rings. The van der Waals surface area contributed by atoms with Crippen LogP contribution in [0.5, 0.6) is 0 Å². The summed E-state index contributed by atoms with van der Waals surface area (Å²) in [4.78, 5) is 12.9. The van der Waals surface area contributed by atoms with E-state index in [1.54, 1.807) is 0 Å². The Morgan fingerprint density at radius 2 is 2.12 bits per heavy atom. The molecule has 0 aromatic rings. The number of morpholine rings is 1. The van der Waals surface area contributed by atoms with Crippen molar-refractivity contribution in [3.63, 3.8) is 0 Å². The van der Waals surface area contributed by atoms with Crippen LogP contribution in [0.3, 0.4) is 0 Å². The van der Waals surface area contributed by atoms with E-state index in [0.29, 0.717) is 12.7 Å². The summed E-state index contributed by atoms with van der Waals surface area (Å²) in [6.07, 6.45) is 3.77. The molecule has 2 aliphatic heterocycles. The van der Waals surface area contributed by atoms with E-state index >= 15 is 0 Å². The Bertz CT molecular complexity index is 253. The summed E-state index contributed by atoms with van der Waals surface area (Å²) in [7, 11) is 0. The fourth-order valence-corrected chi connectivity index (χ4v) is 2.50. The molecule has 0 spiro atoms. The molecule has 2 heterocycles. The number of carboxylic acid groups (broad SMARTS) is 1. The molecule has 2 saturated heterocycles. The molecule has 0 saturated carbocycles. The Hall–Kier alpha value is -0.650. The summed E-state index contributed by atoms with van der Waals surface area (Å²) in [5, 5.41) is 8.74. The lowest BCUT2D eigenvalue weighted by Crippen LogP contribution is -2.44. The van der Waals surface area contributed by atoms with Crippen LogP contribution in [0.2, 0.25) is 0 Å². The van der Waals surface area contributed by atoms with Gasteiger partial charge in [0.25, 0.3) is 0 Å². The van der Waals surface area contributed by atoms with Gasteiger partial charge in [0.15, 0.2) is 0 Å². The van der Waals surface area contributed by atoms with Crippen molar-refractivity contribution in [2.75, 3.05) is 32.8 Å². The largest absolute Gasteiger partial charge is 0.481 e. The number of carbonyl (C=O) groups is 1. The highest BCUT2D eigenvalue weighted by atomic mass is 16.5. The molecule has 2 unspecified atom stereocenters. The first-order valence-corrected chi connectivity index (χ1v) is 6.41. The highest BCUT2D eigenvalue weighted by Gasteiger charge is 2.24. The van der Waals surface area contributed by atoms with Crippen LogP contribution in [0.15, 0.2) is 0 Å². The van der Waals surface area contributed by atoms with Crippen LogP contribution < -0.4 is 0 Å². The number of hydrogen-bond acceptors (Lipinski definition) is 4. The van der Waals surface area contributed by atoms with E-state index in [9.17, 15) is 4.79 Å². The van der Waals surface area contributed by atoms with Crippen LogP contribution in [-0.2, 0) is 14.3 Å². The third-order valence-corrected chi connectivity index (χ3v) is 3.42. The highest BCUT2D eigenvalue weighted by molar-refractivity contribution is 5.67. The summed E-state index contributed by atoms with van der Waals surface area (Å²) in [5.41, 5.74) is 0. The molecule has 0 aromatic carbocycles. The zero-order valence-corrected chi connectivity index (χ0v) is 10.1. The normalized spacial score (nSPS) is 30.6. The average molecular weight is 243 g/mol. The van der Waals surface area contributed by atoms with Crippen molar-refractivity contribution < 1.29 is 19.4 Å². The minimum absolute atomic E-state index is 0.108. The monoisotopic (exact) mass is 243 g/mol. The molecule has 0 aliphatic carbocycles. The van der Waals surface area contributed by atoms with Gasteiger partial charge in [-0.15, -0.1) is 0 Å². The molecule has 2 rings (SSSR count). The summed E-state index contributed by atoms with van der Waals surface area (Å²) >= 11 is 0. The van der Waals surface area contributed by atoms with Gasteiger partial charge in [-0.3, -0.25) is 9.69 Å². The number of ether oxygens (including phenoxy) is 2. The van der Waals surface area contributed by atoms with Crippen LogP contribution in [-0.4, -0.2) is 61.0 Å². The van der Waals surface area contributed by atoms with Crippen molar-refractivity contribution in [1.29, 1.82) is 0 Å². The average Bonchev–Trinajstić information content (AvgIpc) is 2.79. The minimum atomic E-state index is -0.782. The molecule has 2 atom stereocenters. The maximum absolute atomic E-state index is 10.6. The van der Waals surface area contributed by atoms with Crippen LogP contribution in [0.1, 0.15) is 25.7 Å². The standard InChI is InChI=1S/C12H21NO4/c14-12(15)8-11-9-13(5-7-17-11)4-3-10-2-1-6-16-10/h10-11H,1-9H2,(H,14,15). The van der Waals surface area contributed by atoms with E-state index in [4.69, 9.17) is 14.6 Å². The predicted molar refractivity (Wildman–Crippen MR) is 62.0 cm³/mol. The zero-order chi connectivity index (χ0) is 12.1. The molecule has 0 amide bonds. The Balaban J connectivity index is 1.67. The fourth-order valence-electron chi connectivity index (χ4n) is 2.50. The maximum Gasteiger partial charge on any atom is 0.306 e. The van der Waals surface area contributed by atoms with Gasteiger partial charge in [-0.2, -0.15) is 0 Å². The Labute approximate surface area is 102 Å². The molecule has 5 nitrogen and oxygen atoms in total. The molecular weight excluding hydrogens is 222 g/mol. The summed E-state index contributed by atoms with van der Waals surface area (Å²) in [6, 6.07) is 0. The molecule has 0 aromatic heterocycles. The van der Waals surface area contributed by atoms with E-state index in [1.807, 2.05) is 0 Å². The lowest BCUT2D eigenvalue weighted by Gasteiger charge is -2.32. The van der Waals surface area contributed by atoms with E-state index in [0.717, 1.165) is 32.7 Å². The van der Waals surface area contributed by atoms with Crippen LogP contribution in [0.25, 0.3) is 0 Å². The number of nitrogens with zero attached hydrogens (tertiary/aromatic N) is 1. The van der Waals surface area contributed by atoms with Crippen molar-refractivity contribution in [2.24, 2.45) is 0 Å². The second-order valence-corrected chi connectivity index (χ2v) is 4.81. The summed E-state index contributed by atoms with van der Waals surface area (Å²) < 4.78 is 11.0. The number of hydrogen-bond donors (Lipinski definition) is 1. The molecule has 0 bridgehead atoms. The quantitative estimate of drug-likeness (QED) is 0.771. The van der Waals surface area contributed by atoms with Gasteiger partial charge in [0, 0.05) is 26.2 Å². The van der Waals surface area contributed by atoms with Crippen molar-refractivity contribution in [3.8, 4) is 0 Å². The number of aliphatic carboxylic acids is 1. The topological polar surface area (TPSA) is 59.0 Å². The summed E-state index contributed by atoms with van der Waals surface area (Å²) in [5.74, 6) is -0.782. The predicted octanol–water partition coefficient (Wildman–Crippen LogP) is 0.731. The maximum atomic E-state index is 10.6. The van der Waals surface area contributed by atoms with E-state index in [2.05, 4.69) is 4.90 Å². The van der Waals surface area contributed by atoms with E-state index in [1.165, 1.54) is 12.8 Å². The van der Waals surface area contributed by atoms with Gasteiger partial charge in [0.05, 0.1) is 25.2 Å². The number of rotatable bonds is 5. The van der Waals surface area contributed by atoms with E-state index < -0.39 is 5.97 Å². The Morgan fingerprint density at radius 1 is 1.29 bits per heavy atom. The Morgan fingerprint density at radius 3 is 2.82 bits per heavy atom. The molecule has 17 heavy (non-hydrogen) atoms. The third kappa shape index (κ3) is 4.26. The van der Waals surface area contributed by atoms with Crippen molar-refractivity contribution in [1.82, 2.24) is 4.90 Å². The van der Waals surface area contributed by atoms with Crippen molar-refractivity contribution >= 4 is 5.97 Å². The molecule has 5 heteroatoms. The van der Waals surface area contributed by atoms with Crippen LogP contribution in [0.4, 0.5) is 0 Å². The van der Waals surface area contributed by atoms with Gasteiger partial charge in [0.1, 0.15) is 0 Å². The lowest BCUT2D eigenvalue weighted by atomic mass is 10.1. The Kier molecular flexibility index (Phi) is 4.76. The number of carboxylic acids is 1. The first kappa shape index (κ1) is 12.8. The van der Waals surface area contributed by atoms with Gasteiger partial charge in [-0.1, -0.05) is 0 Å². The van der Waals surface area contributed by atoms with Crippen molar-refractivity contribution in [3.05, 3.63) is 0 Å². The first-order chi connectivity index (χ1) is 8.24. The fraction of sp³-hybridized carbons (Fsp3) is 0.917. The van der Waals surface area contributed by atoms with Gasteiger partial charge >= 0.3 is 5.97 Å². The molecule has 1 N–H and O–H groups in total. The van der Waals surface area contributed by atoms with Crippen molar-refractivity contribution in [2.45, 2.75) is 37.9 Å². The zero-order valence-electron chi connectivity index (χ0n) is 10.1. The first-order valence-electron chi connectivity index (χ1n) is 6.41. The SMILES string of the molecule is O=C(O)CC1CN(CCC2CCCO2)CCO1. The van der Waals surface area contributed by atoms with Crippen LogP contribution >= 0.6 is 0 Å². The molecular formula is C12H21NO4. The van der Waals surface area contributed by atoms with Gasteiger partial charge in [0.2, 0.25) is 0 Å². The van der Waals surface area contributed by atoms with Gasteiger partial charge < -0.3 is 14.6 Å². The van der Waals surface area contributed by atoms with E-state index in [-0.39, 0.29) is 12.5 Å². The lowest BCUT2D eigenvalue weighted by molar-refractivity contribution is -0.142. The van der Waals surface area contributed by atoms with Crippen LogP contribution in [0, 0.1) is 0 Å². The van der Waals surface area contributed by atoms with Gasteiger partial charge in [-0.05, 0) is 19.3 Å². The highest BCUT2D eigenvalue weighted by Crippen LogP contribution is 2.17. The molecule has 2 aliphatic rings. The second-order valence-electron chi connectivity index (χ2n) is 4.81. The second kappa shape index (κ2) is 6.33. The third-order valence-electron chi connectivity index (χ3n) is 3.42. The molecule has 98 valence electrons.